The lowest BCUT2D eigenvalue weighted by Crippen LogP contribution is -2.35. The zero-order chi connectivity index (χ0) is 14.8. The van der Waals surface area contributed by atoms with Crippen molar-refractivity contribution in [2.24, 2.45) is 0 Å². The topological polar surface area (TPSA) is 47.0 Å². The number of rotatable bonds is 4. The molecule has 20 heavy (non-hydrogen) atoms. The summed E-state index contributed by atoms with van der Waals surface area (Å²) in [5.74, 6) is 0.751. The quantitative estimate of drug-likeness (QED) is 0.934. The van der Waals surface area contributed by atoms with Gasteiger partial charge in [0, 0.05) is 10.6 Å². The molecule has 0 saturated heterocycles. The largest absolute Gasteiger partial charge is 0.496 e. The van der Waals surface area contributed by atoms with Gasteiger partial charge < -0.3 is 10.1 Å². The first-order valence-corrected chi connectivity index (χ1v) is 7.50. The van der Waals surface area contributed by atoms with E-state index in [2.05, 4.69) is 36.3 Å². The molecule has 108 valence electrons. The summed E-state index contributed by atoms with van der Waals surface area (Å²) in [6.07, 6.45) is 0. The molecule has 0 aliphatic carbocycles. The summed E-state index contributed by atoms with van der Waals surface area (Å²) in [4.78, 5) is 0. The SMILES string of the molecule is COc1ccc(Cl)cc1-c1nnc(CNC(C)(C)C)s1. The summed E-state index contributed by atoms with van der Waals surface area (Å²) in [6.45, 7) is 7.06. The predicted molar refractivity (Wildman–Crippen MR) is 83.5 cm³/mol. The van der Waals surface area contributed by atoms with Crippen LogP contribution in [0.4, 0.5) is 0 Å². The Balaban J connectivity index is 2.22. The summed E-state index contributed by atoms with van der Waals surface area (Å²) in [6, 6.07) is 5.49. The standard InChI is InChI=1S/C14H18ClN3OS/c1-14(2,3)16-8-12-17-18-13(20-12)10-7-9(15)5-6-11(10)19-4/h5-7,16H,8H2,1-4H3. The second-order valence-corrected chi connectivity index (χ2v) is 6.95. The maximum atomic E-state index is 6.04. The normalized spacial score (nSPS) is 11.7. The van der Waals surface area contributed by atoms with Gasteiger partial charge in [0.25, 0.3) is 0 Å². The summed E-state index contributed by atoms with van der Waals surface area (Å²) in [5, 5.41) is 14.2. The van der Waals surface area contributed by atoms with Crippen molar-refractivity contribution in [1.82, 2.24) is 15.5 Å². The first-order valence-electron chi connectivity index (χ1n) is 6.30. The van der Waals surface area contributed by atoms with E-state index in [0.717, 1.165) is 21.3 Å². The zero-order valence-electron chi connectivity index (χ0n) is 12.0. The molecule has 0 amide bonds. The number of methoxy groups -OCH3 is 1. The molecular weight excluding hydrogens is 294 g/mol. The third-order valence-corrected chi connectivity index (χ3v) is 3.82. The number of nitrogens with one attached hydrogen (secondary N) is 1. The van der Waals surface area contributed by atoms with Crippen LogP contribution in [-0.2, 0) is 6.54 Å². The molecule has 1 heterocycles. The van der Waals surface area contributed by atoms with Crippen molar-refractivity contribution in [3.8, 4) is 16.3 Å². The van der Waals surface area contributed by atoms with Crippen LogP contribution in [0, 0.1) is 0 Å². The fourth-order valence-electron chi connectivity index (χ4n) is 1.62. The van der Waals surface area contributed by atoms with Gasteiger partial charge in [-0.1, -0.05) is 22.9 Å². The Hall–Kier alpha value is -1.17. The Morgan fingerprint density at radius 1 is 1.30 bits per heavy atom. The minimum absolute atomic E-state index is 0.0551. The van der Waals surface area contributed by atoms with E-state index in [4.69, 9.17) is 16.3 Å². The predicted octanol–water partition coefficient (Wildman–Crippen LogP) is 3.76. The minimum atomic E-state index is 0.0551. The van der Waals surface area contributed by atoms with Gasteiger partial charge in [0.05, 0.1) is 19.2 Å². The van der Waals surface area contributed by atoms with E-state index in [9.17, 15) is 0 Å². The van der Waals surface area contributed by atoms with E-state index in [1.807, 2.05) is 12.1 Å². The summed E-state index contributed by atoms with van der Waals surface area (Å²) in [5.41, 5.74) is 0.930. The van der Waals surface area contributed by atoms with E-state index >= 15 is 0 Å². The molecule has 0 spiro atoms. The third kappa shape index (κ3) is 3.91. The van der Waals surface area contributed by atoms with Crippen molar-refractivity contribution in [1.29, 1.82) is 0 Å². The van der Waals surface area contributed by atoms with Crippen molar-refractivity contribution in [2.45, 2.75) is 32.9 Å². The van der Waals surface area contributed by atoms with E-state index in [1.165, 1.54) is 0 Å². The smallest absolute Gasteiger partial charge is 0.151 e. The highest BCUT2D eigenvalue weighted by Crippen LogP contribution is 2.34. The summed E-state index contributed by atoms with van der Waals surface area (Å²) in [7, 11) is 1.63. The van der Waals surface area contributed by atoms with E-state index in [0.29, 0.717) is 11.6 Å². The van der Waals surface area contributed by atoms with Gasteiger partial charge in [0.1, 0.15) is 10.8 Å². The maximum absolute atomic E-state index is 6.04. The van der Waals surface area contributed by atoms with Gasteiger partial charge in [-0.15, -0.1) is 10.2 Å². The van der Waals surface area contributed by atoms with Crippen LogP contribution < -0.4 is 10.1 Å². The Morgan fingerprint density at radius 3 is 2.70 bits per heavy atom. The molecule has 2 aromatic rings. The Kier molecular flexibility index (Phi) is 4.62. The van der Waals surface area contributed by atoms with Gasteiger partial charge in [-0.2, -0.15) is 0 Å². The van der Waals surface area contributed by atoms with Gasteiger partial charge in [-0.3, -0.25) is 0 Å². The Bertz CT molecular complexity index is 592. The van der Waals surface area contributed by atoms with E-state index < -0.39 is 0 Å². The average Bonchev–Trinajstić information content (AvgIpc) is 2.84. The van der Waals surface area contributed by atoms with Gasteiger partial charge in [-0.25, -0.2) is 0 Å². The third-order valence-electron chi connectivity index (χ3n) is 2.63. The molecule has 0 fully saturated rings. The minimum Gasteiger partial charge on any atom is -0.496 e. The van der Waals surface area contributed by atoms with Gasteiger partial charge >= 0.3 is 0 Å². The molecule has 1 aromatic carbocycles. The van der Waals surface area contributed by atoms with Crippen LogP contribution in [0.1, 0.15) is 25.8 Å². The lowest BCUT2D eigenvalue weighted by atomic mass is 10.1. The van der Waals surface area contributed by atoms with Crippen LogP contribution in [0.15, 0.2) is 18.2 Å². The van der Waals surface area contributed by atoms with Crippen molar-refractivity contribution < 1.29 is 4.74 Å². The molecule has 0 aliphatic rings. The monoisotopic (exact) mass is 311 g/mol. The molecule has 0 radical (unpaired) electrons. The number of benzene rings is 1. The Morgan fingerprint density at radius 2 is 2.05 bits per heavy atom. The Labute approximate surface area is 128 Å². The molecule has 0 aliphatic heterocycles. The van der Waals surface area contributed by atoms with Crippen LogP contribution in [0.3, 0.4) is 0 Å². The second kappa shape index (κ2) is 6.08. The van der Waals surface area contributed by atoms with Crippen molar-refractivity contribution >= 4 is 22.9 Å². The van der Waals surface area contributed by atoms with Crippen LogP contribution >= 0.6 is 22.9 Å². The molecule has 0 bridgehead atoms. The summed E-state index contributed by atoms with van der Waals surface area (Å²) >= 11 is 7.58. The van der Waals surface area contributed by atoms with Crippen molar-refractivity contribution in [3.63, 3.8) is 0 Å². The molecule has 2 rings (SSSR count). The molecule has 0 atom stereocenters. The van der Waals surface area contributed by atoms with E-state index in [1.54, 1.807) is 24.5 Å². The zero-order valence-corrected chi connectivity index (χ0v) is 13.6. The second-order valence-electron chi connectivity index (χ2n) is 5.45. The first-order chi connectivity index (χ1) is 9.39. The van der Waals surface area contributed by atoms with Crippen LogP contribution in [0.25, 0.3) is 10.6 Å². The number of ether oxygens (including phenoxy) is 1. The highest BCUT2D eigenvalue weighted by Gasteiger charge is 2.14. The molecule has 1 N–H and O–H groups in total. The van der Waals surface area contributed by atoms with Crippen LogP contribution in [0.5, 0.6) is 5.75 Å². The first kappa shape index (κ1) is 15.2. The number of halogens is 1. The number of hydrogen-bond acceptors (Lipinski definition) is 5. The fourth-order valence-corrected chi connectivity index (χ4v) is 2.59. The molecule has 0 saturated carbocycles. The summed E-state index contributed by atoms with van der Waals surface area (Å²) < 4.78 is 5.34. The molecular formula is C14H18ClN3OS. The van der Waals surface area contributed by atoms with Crippen LogP contribution in [0.2, 0.25) is 5.02 Å². The molecule has 6 heteroatoms. The molecule has 4 nitrogen and oxygen atoms in total. The lowest BCUT2D eigenvalue weighted by molar-refractivity contribution is 0.416. The average molecular weight is 312 g/mol. The number of nitrogens with zero attached hydrogens (tertiary/aromatic N) is 2. The number of aromatic nitrogens is 2. The lowest BCUT2D eigenvalue weighted by Gasteiger charge is -2.19. The fraction of sp³-hybridized carbons (Fsp3) is 0.429. The highest BCUT2D eigenvalue weighted by molar-refractivity contribution is 7.14. The van der Waals surface area contributed by atoms with Gasteiger partial charge in [-0.05, 0) is 39.0 Å². The van der Waals surface area contributed by atoms with Gasteiger partial charge in [0.15, 0.2) is 5.01 Å². The highest BCUT2D eigenvalue weighted by atomic mass is 35.5. The maximum Gasteiger partial charge on any atom is 0.151 e. The van der Waals surface area contributed by atoms with Gasteiger partial charge in [0.2, 0.25) is 0 Å². The molecule has 1 aromatic heterocycles. The van der Waals surface area contributed by atoms with Crippen LogP contribution in [-0.4, -0.2) is 22.8 Å². The van der Waals surface area contributed by atoms with E-state index in [-0.39, 0.29) is 5.54 Å². The van der Waals surface area contributed by atoms with Crippen molar-refractivity contribution in [3.05, 3.63) is 28.2 Å². The molecule has 0 unspecified atom stereocenters. The number of hydrogen-bond donors (Lipinski definition) is 1. The van der Waals surface area contributed by atoms with Crippen molar-refractivity contribution in [2.75, 3.05) is 7.11 Å².